The van der Waals surface area contributed by atoms with E-state index in [4.69, 9.17) is 10.7 Å². The summed E-state index contributed by atoms with van der Waals surface area (Å²) in [4.78, 5) is 20.0. The Hall–Kier alpha value is -1.92. The van der Waals surface area contributed by atoms with Crippen molar-refractivity contribution in [1.29, 1.82) is 0 Å². The van der Waals surface area contributed by atoms with E-state index in [1.165, 1.54) is 88.4 Å². The summed E-state index contributed by atoms with van der Waals surface area (Å²) in [5.41, 5.74) is 7.99. The minimum atomic E-state index is -0.209. The Balaban J connectivity index is 1.17. The van der Waals surface area contributed by atoms with Gasteiger partial charge in [0.1, 0.15) is 5.82 Å². The Morgan fingerprint density at radius 2 is 1.53 bits per heavy atom. The van der Waals surface area contributed by atoms with Crippen LogP contribution in [0.4, 0.5) is 0 Å². The lowest BCUT2D eigenvalue weighted by Gasteiger charge is -2.55. The normalized spacial score (nSPS) is 38.1. The minimum absolute atomic E-state index is 0.163. The molecule has 2 aromatic rings. The van der Waals surface area contributed by atoms with Gasteiger partial charge < -0.3 is 15.6 Å². The number of fused-ring (bicyclic) bond motifs is 5. The van der Waals surface area contributed by atoms with Crippen molar-refractivity contribution in [3.05, 3.63) is 30.1 Å². The van der Waals surface area contributed by atoms with Crippen LogP contribution in [0.2, 0.25) is 0 Å². The third kappa shape index (κ3) is 4.81. The molecular weight excluding hydrogens is 470 g/mol. The zero-order valence-electron chi connectivity index (χ0n) is 23.1. The number of para-hydroxylation sites is 2. The molecule has 6 heteroatoms. The fraction of sp³-hybridized carbons (Fsp3) is 0.750. The molecule has 2 aliphatic carbocycles. The Kier molecular flexibility index (Phi) is 6.98. The number of nitrogens with zero attached hydrogens (tertiary/aromatic N) is 3. The van der Waals surface area contributed by atoms with Crippen molar-refractivity contribution in [2.75, 3.05) is 0 Å². The number of nitrogens with two attached hydrogens (primary N) is 1. The molecule has 4 heterocycles. The number of carbonyl (C=O) groups is 1. The first kappa shape index (κ1) is 25.1. The Bertz CT molecular complexity index is 1120. The molecular formula is C32H47N5O. The third-order valence-corrected chi connectivity index (χ3v) is 11.0. The second-order valence-electron chi connectivity index (χ2n) is 13.5. The molecule has 8 atom stereocenters. The van der Waals surface area contributed by atoms with Crippen molar-refractivity contribution < 1.29 is 4.79 Å². The summed E-state index contributed by atoms with van der Waals surface area (Å²) in [6.07, 6.45) is 20.6. The van der Waals surface area contributed by atoms with Crippen LogP contribution in [0.1, 0.15) is 121 Å². The van der Waals surface area contributed by atoms with Gasteiger partial charge in [0.05, 0.1) is 17.1 Å². The van der Waals surface area contributed by atoms with Crippen LogP contribution in [-0.2, 0) is 4.79 Å². The second kappa shape index (κ2) is 10.6. The highest BCUT2D eigenvalue weighted by Gasteiger charge is 2.45. The van der Waals surface area contributed by atoms with Gasteiger partial charge in [-0.1, -0.05) is 44.2 Å². The Morgan fingerprint density at radius 1 is 0.816 bits per heavy atom. The van der Waals surface area contributed by atoms with Crippen LogP contribution in [0.25, 0.3) is 11.0 Å². The van der Waals surface area contributed by atoms with Crippen molar-refractivity contribution in [2.45, 2.75) is 139 Å². The van der Waals surface area contributed by atoms with E-state index >= 15 is 0 Å². The van der Waals surface area contributed by atoms with E-state index < -0.39 is 0 Å². The van der Waals surface area contributed by atoms with Crippen LogP contribution in [0, 0.1) is 11.8 Å². The molecule has 2 saturated carbocycles. The summed E-state index contributed by atoms with van der Waals surface area (Å²) < 4.78 is 2.64. The first-order valence-corrected chi connectivity index (χ1v) is 15.9. The van der Waals surface area contributed by atoms with Gasteiger partial charge in [0.15, 0.2) is 0 Å². The van der Waals surface area contributed by atoms with Crippen LogP contribution in [0.15, 0.2) is 24.3 Å². The van der Waals surface area contributed by atoms with E-state index in [-0.39, 0.29) is 18.0 Å². The Labute approximate surface area is 228 Å². The number of amides is 1. The summed E-state index contributed by atoms with van der Waals surface area (Å²) in [5.74, 6) is 2.95. The van der Waals surface area contributed by atoms with Gasteiger partial charge in [-0.15, -0.1) is 0 Å². The zero-order chi connectivity index (χ0) is 25.6. The molecule has 1 amide bonds. The molecule has 4 bridgehead atoms. The van der Waals surface area contributed by atoms with E-state index in [2.05, 4.69) is 39.0 Å². The molecule has 3 aliphatic heterocycles. The molecule has 6 nitrogen and oxygen atoms in total. The van der Waals surface area contributed by atoms with Gasteiger partial charge in [-0.25, -0.2) is 4.98 Å². The van der Waals surface area contributed by atoms with Crippen LogP contribution in [0.5, 0.6) is 0 Å². The highest BCUT2D eigenvalue weighted by atomic mass is 16.1. The standard InChI is InChI=1S/C32H47N5O/c33-31(38)18-23-9-5-13-29(34-23)32-35-28-12-3-4-14-30(28)37(32)27-19-24-10-6-11-25(20-27)36(24)26-16-21-7-1-2-8-22(15-21)17-26/h3-4,12,14,21-27,29,34H,1-2,5-11,13,15-20H2,(H2,33,38)/t21-,22+,23?,24-,25+,26-,27+,29-/m1/s1. The molecule has 5 aliphatic rings. The third-order valence-electron chi connectivity index (χ3n) is 11.0. The first-order chi connectivity index (χ1) is 18.6. The molecule has 7 rings (SSSR count). The smallest absolute Gasteiger partial charge is 0.218 e. The number of benzene rings is 1. The first-order valence-electron chi connectivity index (χ1n) is 15.9. The molecule has 38 heavy (non-hydrogen) atoms. The van der Waals surface area contributed by atoms with Crippen molar-refractivity contribution >= 4 is 16.9 Å². The van der Waals surface area contributed by atoms with Crippen LogP contribution in [-0.4, -0.2) is 44.5 Å². The van der Waals surface area contributed by atoms with E-state index in [0.717, 1.165) is 42.7 Å². The van der Waals surface area contributed by atoms with Crippen molar-refractivity contribution in [2.24, 2.45) is 17.6 Å². The van der Waals surface area contributed by atoms with Crippen molar-refractivity contribution in [3.63, 3.8) is 0 Å². The van der Waals surface area contributed by atoms with E-state index in [0.29, 0.717) is 24.5 Å². The van der Waals surface area contributed by atoms with E-state index in [9.17, 15) is 4.79 Å². The number of carbonyl (C=O) groups excluding carboxylic acids is 1. The number of hydrogen-bond donors (Lipinski definition) is 2. The summed E-state index contributed by atoms with van der Waals surface area (Å²) in [5, 5.41) is 3.79. The predicted octanol–water partition coefficient (Wildman–Crippen LogP) is 6.01. The van der Waals surface area contributed by atoms with Crippen LogP contribution in [0.3, 0.4) is 0 Å². The average Bonchev–Trinajstić information content (AvgIpc) is 3.21. The second-order valence-corrected chi connectivity index (χ2v) is 13.5. The molecule has 0 radical (unpaired) electrons. The summed E-state index contributed by atoms with van der Waals surface area (Å²) in [6, 6.07) is 11.9. The van der Waals surface area contributed by atoms with E-state index in [1.54, 1.807) is 0 Å². The quantitative estimate of drug-likeness (QED) is 0.509. The lowest BCUT2D eigenvalue weighted by molar-refractivity contribution is -0.118. The van der Waals surface area contributed by atoms with Gasteiger partial charge in [-0.05, 0) is 88.2 Å². The SMILES string of the molecule is NC(=O)CC1CCC[C@H](c2nc3ccccc3n2[C@H]2C[C@H]3CCC[C@@H](C2)N3[C@@H]2C[C@@H]3CCCC[C@@H](C3)C2)N1. The summed E-state index contributed by atoms with van der Waals surface area (Å²) in [7, 11) is 0. The Morgan fingerprint density at radius 3 is 2.26 bits per heavy atom. The maximum atomic E-state index is 11.7. The van der Waals surface area contributed by atoms with Gasteiger partial charge in [-0.2, -0.15) is 0 Å². The number of imidazole rings is 1. The topological polar surface area (TPSA) is 76.2 Å². The molecule has 1 aromatic carbocycles. The molecule has 1 unspecified atom stereocenters. The molecule has 206 valence electrons. The molecule has 3 saturated heterocycles. The largest absolute Gasteiger partial charge is 0.370 e. The maximum absolute atomic E-state index is 11.7. The predicted molar refractivity (Wildman–Crippen MR) is 152 cm³/mol. The number of nitrogens with one attached hydrogen (secondary N) is 1. The zero-order valence-corrected chi connectivity index (χ0v) is 23.1. The van der Waals surface area contributed by atoms with Gasteiger partial charge in [0.2, 0.25) is 5.91 Å². The average molecular weight is 518 g/mol. The highest BCUT2D eigenvalue weighted by molar-refractivity contribution is 5.76. The van der Waals surface area contributed by atoms with Crippen LogP contribution >= 0.6 is 0 Å². The van der Waals surface area contributed by atoms with Crippen molar-refractivity contribution in [1.82, 2.24) is 19.8 Å². The molecule has 5 fully saturated rings. The van der Waals surface area contributed by atoms with Crippen molar-refractivity contribution in [3.8, 4) is 0 Å². The lowest BCUT2D eigenvalue weighted by atomic mass is 9.73. The number of rotatable bonds is 5. The number of hydrogen-bond acceptors (Lipinski definition) is 4. The lowest BCUT2D eigenvalue weighted by Crippen LogP contribution is -2.58. The van der Waals surface area contributed by atoms with Gasteiger partial charge in [0, 0.05) is 36.6 Å². The fourth-order valence-corrected chi connectivity index (χ4v) is 9.63. The maximum Gasteiger partial charge on any atom is 0.218 e. The number of piperidine rings is 3. The highest BCUT2D eigenvalue weighted by Crippen LogP contribution is 2.48. The summed E-state index contributed by atoms with van der Waals surface area (Å²) in [6.45, 7) is 0. The fourth-order valence-electron chi connectivity index (χ4n) is 9.63. The van der Waals surface area contributed by atoms with Crippen LogP contribution < -0.4 is 11.1 Å². The number of primary amides is 1. The minimum Gasteiger partial charge on any atom is -0.370 e. The number of aromatic nitrogens is 2. The van der Waals surface area contributed by atoms with Gasteiger partial charge in [0.25, 0.3) is 0 Å². The molecule has 0 spiro atoms. The van der Waals surface area contributed by atoms with Gasteiger partial charge >= 0.3 is 0 Å². The summed E-state index contributed by atoms with van der Waals surface area (Å²) >= 11 is 0. The van der Waals surface area contributed by atoms with E-state index in [1.807, 2.05) is 0 Å². The van der Waals surface area contributed by atoms with Gasteiger partial charge in [-0.3, -0.25) is 9.69 Å². The molecule has 1 aromatic heterocycles. The molecule has 3 N–H and O–H groups in total. The monoisotopic (exact) mass is 517 g/mol.